The lowest BCUT2D eigenvalue weighted by Gasteiger charge is -2.21. The molecule has 88 valence electrons. The Morgan fingerprint density at radius 2 is 2.31 bits per heavy atom. The van der Waals surface area contributed by atoms with Crippen molar-refractivity contribution in [1.82, 2.24) is 4.90 Å². The summed E-state index contributed by atoms with van der Waals surface area (Å²) in [5, 5.41) is 4.38. The van der Waals surface area contributed by atoms with Crippen LogP contribution in [0.3, 0.4) is 0 Å². The summed E-state index contributed by atoms with van der Waals surface area (Å²) in [4.78, 5) is 3.18. The first kappa shape index (κ1) is 12.0. The average molecular weight is 254 g/mol. The van der Waals surface area contributed by atoms with E-state index in [0.29, 0.717) is 4.99 Å². The Balaban J connectivity index is 1.76. The van der Waals surface area contributed by atoms with Crippen molar-refractivity contribution in [2.75, 3.05) is 13.1 Å². The molecule has 1 aliphatic rings. The minimum Gasteiger partial charge on any atom is -0.393 e. The van der Waals surface area contributed by atoms with Gasteiger partial charge < -0.3 is 5.73 Å². The lowest BCUT2D eigenvalue weighted by molar-refractivity contribution is 0.275. The van der Waals surface area contributed by atoms with Crippen molar-refractivity contribution >= 4 is 28.5 Å². The molecule has 2 rings (SSSR count). The van der Waals surface area contributed by atoms with Gasteiger partial charge in [-0.2, -0.15) is 11.3 Å². The summed E-state index contributed by atoms with van der Waals surface area (Å²) in [5.41, 5.74) is 7.01. The van der Waals surface area contributed by atoms with Gasteiger partial charge in [0.1, 0.15) is 0 Å². The Morgan fingerprint density at radius 1 is 1.50 bits per heavy atom. The summed E-state index contributed by atoms with van der Waals surface area (Å²) in [7, 11) is 0. The molecule has 0 aromatic carbocycles. The Morgan fingerprint density at radius 3 is 2.88 bits per heavy atom. The summed E-state index contributed by atoms with van der Waals surface area (Å²) < 4.78 is 0. The molecule has 1 fully saturated rings. The van der Waals surface area contributed by atoms with Crippen molar-refractivity contribution in [3.8, 4) is 0 Å². The molecule has 16 heavy (non-hydrogen) atoms. The first-order valence-electron chi connectivity index (χ1n) is 5.79. The SMILES string of the molecule is NC(=S)CCN(CCc1ccsc1)C1CC1. The van der Waals surface area contributed by atoms with E-state index in [4.69, 9.17) is 18.0 Å². The van der Waals surface area contributed by atoms with Crippen molar-refractivity contribution < 1.29 is 0 Å². The van der Waals surface area contributed by atoms with Gasteiger partial charge in [0.15, 0.2) is 0 Å². The van der Waals surface area contributed by atoms with Crippen LogP contribution in [0.15, 0.2) is 16.8 Å². The van der Waals surface area contributed by atoms with Crippen molar-refractivity contribution in [3.63, 3.8) is 0 Å². The Kier molecular flexibility index (Phi) is 4.32. The number of hydrogen-bond acceptors (Lipinski definition) is 3. The molecule has 1 saturated carbocycles. The van der Waals surface area contributed by atoms with Gasteiger partial charge in [-0.15, -0.1) is 0 Å². The van der Waals surface area contributed by atoms with E-state index in [1.165, 1.54) is 18.4 Å². The van der Waals surface area contributed by atoms with E-state index < -0.39 is 0 Å². The second-order valence-corrected chi connectivity index (χ2v) is 5.67. The Bertz CT molecular complexity index is 331. The molecule has 0 amide bonds. The predicted molar refractivity (Wildman–Crippen MR) is 74.0 cm³/mol. The van der Waals surface area contributed by atoms with E-state index in [1.54, 1.807) is 11.3 Å². The van der Waals surface area contributed by atoms with Crippen LogP contribution in [-0.4, -0.2) is 29.0 Å². The fraction of sp³-hybridized carbons (Fsp3) is 0.583. The van der Waals surface area contributed by atoms with Crippen LogP contribution in [0.4, 0.5) is 0 Å². The summed E-state index contributed by atoms with van der Waals surface area (Å²) in [5.74, 6) is 0. The minimum atomic E-state index is 0.640. The van der Waals surface area contributed by atoms with Gasteiger partial charge in [0.25, 0.3) is 0 Å². The lowest BCUT2D eigenvalue weighted by Crippen LogP contribution is -2.31. The van der Waals surface area contributed by atoms with Gasteiger partial charge >= 0.3 is 0 Å². The van der Waals surface area contributed by atoms with Crippen LogP contribution in [0.25, 0.3) is 0 Å². The standard InChI is InChI=1S/C12H18N2S2/c13-12(15)4-7-14(11-1-2-11)6-3-10-5-8-16-9-10/h5,8-9,11H,1-4,6-7H2,(H2,13,15). The molecule has 1 aromatic rings. The number of nitrogens with two attached hydrogens (primary N) is 1. The molecule has 0 aliphatic heterocycles. The smallest absolute Gasteiger partial charge is 0.0740 e. The molecule has 0 saturated heterocycles. The molecule has 0 unspecified atom stereocenters. The third kappa shape index (κ3) is 3.85. The van der Waals surface area contributed by atoms with Crippen LogP contribution in [-0.2, 0) is 6.42 Å². The highest BCUT2D eigenvalue weighted by molar-refractivity contribution is 7.80. The normalized spacial score (nSPS) is 15.6. The van der Waals surface area contributed by atoms with Gasteiger partial charge in [0.2, 0.25) is 0 Å². The zero-order valence-corrected chi connectivity index (χ0v) is 11.0. The van der Waals surface area contributed by atoms with Crippen LogP contribution in [0, 0.1) is 0 Å². The Hall–Kier alpha value is -0.450. The fourth-order valence-electron chi connectivity index (χ4n) is 1.88. The maximum absolute atomic E-state index is 5.56. The van der Waals surface area contributed by atoms with Crippen LogP contribution in [0.5, 0.6) is 0 Å². The molecule has 0 bridgehead atoms. The maximum atomic E-state index is 5.56. The number of rotatable bonds is 7. The van der Waals surface area contributed by atoms with Gasteiger partial charge in [-0.1, -0.05) is 12.2 Å². The number of thiocarbonyl (C=S) groups is 1. The lowest BCUT2D eigenvalue weighted by atomic mass is 10.2. The molecular formula is C12H18N2S2. The largest absolute Gasteiger partial charge is 0.393 e. The Labute approximate surface area is 106 Å². The molecule has 0 atom stereocenters. The molecule has 2 N–H and O–H groups in total. The fourth-order valence-corrected chi connectivity index (χ4v) is 2.67. The quantitative estimate of drug-likeness (QED) is 0.758. The van der Waals surface area contributed by atoms with E-state index >= 15 is 0 Å². The van der Waals surface area contributed by atoms with Gasteiger partial charge in [-0.05, 0) is 41.7 Å². The molecule has 0 radical (unpaired) electrons. The van der Waals surface area contributed by atoms with Crippen molar-refractivity contribution in [2.45, 2.75) is 31.7 Å². The van der Waals surface area contributed by atoms with Crippen molar-refractivity contribution in [1.29, 1.82) is 0 Å². The van der Waals surface area contributed by atoms with Crippen LogP contribution >= 0.6 is 23.6 Å². The minimum absolute atomic E-state index is 0.640. The summed E-state index contributed by atoms with van der Waals surface area (Å²) >= 11 is 6.71. The molecule has 1 heterocycles. The predicted octanol–water partition coefficient (Wildman–Crippen LogP) is 2.43. The number of nitrogens with zero attached hydrogens (tertiary/aromatic N) is 1. The van der Waals surface area contributed by atoms with E-state index in [0.717, 1.165) is 32.0 Å². The average Bonchev–Trinajstić information content (AvgIpc) is 2.95. The van der Waals surface area contributed by atoms with Gasteiger partial charge in [0.05, 0.1) is 4.99 Å². The van der Waals surface area contributed by atoms with Gasteiger partial charge in [-0.25, -0.2) is 0 Å². The second kappa shape index (κ2) is 5.75. The molecule has 1 aromatic heterocycles. The van der Waals surface area contributed by atoms with Crippen molar-refractivity contribution in [2.24, 2.45) is 5.73 Å². The monoisotopic (exact) mass is 254 g/mol. The topological polar surface area (TPSA) is 29.3 Å². The first-order valence-corrected chi connectivity index (χ1v) is 7.14. The highest BCUT2D eigenvalue weighted by atomic mass is 32.1. The number of hydrogen-bond donors (Lipinski definition) is 1. The zero-order chi connectivity index (χ0) is 11.4. The van der Waals surface area contributed by atoms with Crippen LogP contribution < -0.4 is 5.73 Å². The summed E-state index contributed by atoms with van der Waals surface area (Å²) in [6.45, 7) is 2.17. The van der Waals surface area contributed by atoms with E-state index in [1.807, 2.05) is 0 Å². The van der Waals surface area contributed by atoms with Crippen LogP contribution in [0.2, 0.25) is 0 Å². The maximum Gasteiger partial charge on any atom is 0.0740 e. The highest BCUT2D eigenvalue weighted by Gasteiger charge is 2.28. The molecule has 2 nitrogen and oxygen atoms in total. The molecule has 4 heteroatoms. The van der Waals surface area contributed by atoms with Crippen LogP contribution in [0.1, 0.15) is 24.8 Å². The summed E-state index contributed by atoms with van der Waals surface area (Å²) in [6.07, 6.45) is 4.70. The van der Waals surface area contributed by atoms with Gasteiger partial charge in [0, 0.05) is 25.6 Å². The van der Waals surface area contributed by atoms with E-state index in [9.17, 15) is 0 Å². The molecule has 0 spiro atoms. The highest BCUT2D eigenvalue weighted by Crippen LogP contribution is 2.27. The van der Waals surface area contributed by atoms with E-state index in [2.05, 4.69) is 21.7 Å². The first-order chi connectivity index (χ1) is 7.75. The second-order valence-electron chi connectivity index (χ2n) is 4.37. The van der Waals surface area contributed by atoms with Gasteiger partial charge in [-0.3, -0.25) is 4.90 Å². The summed E-state index contributed by atoms with van der Waals surface area (Å²) in [6, 6.07) is 3.01. The number of thiophene rings is 1. The third-order valence-corrected chi connectivity index (χ3v) is 3.91. The van der Waals surface area contributed by atoms with Crippen molar-refractivity contribution in [3.05, 3.63) is 22.4 Å². The molecular weight excluding hydrogens is 236 g/mol. The third-order valence-electron chi connectivity index (χ3n) is 2.98. The molecule has 1 aliphatic carbocycles. The van der Waals surface area contributed by atoms with E-state index in [-0.39, 0.29) is 0 Å². The zero-order valence-electron chi connectivity index (χ0n) is 9.39.